The van der Waals surface area contributed by atoms with Crippen LogP contribution in [-0.2, 0) is 11.3 Å². The van der Waals surface area contributed by atoms with Crippen LogP contribution < -0.4 is 11.1 Å². The number of hydrogen-bond acceptors (Lipinski definition) is 4. The summed E-state index contributed by atoms with van der Waals surface area (Å²) in [5.41, 5.74) is 10.2. The molecule has 8 nitrogen and oxygen atoms in total. The standard InChI is InChI=1S/C24H24N6O2/c1-16-8-9-18(14-17(16)2)23-20(15-30(28-23)19-6-4-3-5-7-19)24(32)26-22-11-13-29(27-22)12-10-21(25)31/h3-9,11,13-15H,10,12H2,1-2H3,(H2,25,31)(H,26,27,32). The Kier molecular flexibility index (Phi) is 5.85. The van der Waals surface area contributed by atoms with Crippen LogP contribution in [0.25, 0.3) is 16.9 Å². The largest absolute Gasteiger partial charge is 0.370 e. The van der Waals surface area contributed by atoms with E-state index in [1.165, 1.54) is 5.56 Å². The third-order valence-corrected chi connectivity index (χ3v) is 5.23. The highest BCUT2D eigenvalue weighted by atomic mass is 16.2. The molecule has 0 atom stereocenters. The van der Waals surface area contributed by atoms with E-state index in [0.29, 0.717) is 23.6 Å². The SMILES string of the molecule is Cc1ccc(-c2nn(-c3ccccc3)cc2C(=O)Nc2ccn(CCC(N)=O)n2)cc1C. The maximum atomic E-state index is 13.2. The number of carbonyl (C=O) groups is 2. The number of benzene rings is 2. The fourth-order valence-electron chi connectivity index (χ4n) is 3.32. The van der Waals surface area contributed by atoms with Crippen LogP contribution in [0.5, 0.6) is 0 Å². The monoisotopic (exact) mass is 428 g/mol. The second kappa shape index (κ2) is 8.89. The Hall–Kier alpha value is -4.20. The zero-order valence-corrected chi connectivity index (χ0v) is 17.9. The van der Waals surface area contributed by atoms with Crippen LogP contribution in [0.2, 0.25) is 0 Å². The predicted molar refractivity (Wildman–Crippen MR) is 122 cm³/mol. The van der Waals surface area contributed by atoms with Crippen molar-refractivity contribution in [2.45, 2.75) is 26.8 Å². The molecule has 0 spiro atoms. The lowest BCUT2D eigenvalue weighted by Crippen LogP contribution is -2.15. The summed E-state index contributed by atoms with van der Waals surface area (Å²) >= 11 is 0. The minimum absolute atomic E-state index is 0.176. The number of primary amides is 1. The molecule has 2 aromatic carbocycles. The first-order chi connectivity index (χ1) is 15.4. The molecule has 0 fully saturated rings. The van der Waals surface area contributed by atoms with Gasteiger partial charge < -0.3 is 11.1 Å². The van der Waals surface area contributed by atoms with Crippen LogP contribution in [0.3, 0.4) is 0 Å². The quantitative estimate of drug-likeness (QED) is 0.470. The van der Waals surface area contributed by atoms with Crippen molar-refractivity contribution in [3.05, 3.63) is 83.7 Å². The first kappa shape index (κ1) is 21.0. The van der Waals surface area contributed by atoms with Gasteiger partial charge in [0, 0.05) is 37.0 Å². The molecule has 0 bridgehead atoms. The highest BCUT2D eigenvalue weighted by Gasteiger charge is 2.20. The Morgan fingerprint density at radius 2 is 1.78 bits per heavy atom. The minimum Gasteiger partial charge on any atom is -0.370 e. The Morgan fingerprint density at radius 3 is 2.50 bits per heavy atom. The van der Waals surface area contributed by atoms with E-state index in [9.17, 15) is 9.59 Å². The molecular weight excluding hydrogens is 404 g/mol. The van der Waals surface area contributed by atoms with Gasteiger partial charge in [-0.25, -0.2) is 4.68 Å². The molecule has 0 unspecified atom stereocenters. The number of hydrogen-bond donors (Lipinski definition) is 2. The molecule has 0 aliphatic carbocycles. The second-order valence-corrected chi connectivity index (χ2v) is 7.61. The average Bonchev–Trinajstić information content (AvgIpc) is 3.42. The van der Waals surface area contributed by atoms with Gasteiger partial charge in [0.25, 0.3) is 5.91 Å². The van der Waals surface area contributed by atoms with Gasteiger partial charge in [-0.15, -0.1) is 0 Å². The highest BCUT2D eigenvalue weighted by molar-refractivity contribution is 6.07. The molecular formula is C24H24N6O2. The van der Waals surface area contributed by atoms with Crippen molar-refractivity contribution in [2.75, 3.05) is 5.32 Å². The van der Waals surface area contributed by atoms with Crippen molar-refractivity contribution in [2.24, 2.45) is 5.73 Å². The zero-order valence-electron chi connectivity index (χ0n) is 17.9. The summed E-state index contributed by atoms with van der Waals surface area (Å²) in [5.74, 6) is -0.337. The minimum atomic E-state index is -0.405. The van der Waals surface area contributed by atoms with Crippen LogP contribution in [0.4, 0.5) is 5.82 Å². The Bertz CT molecular complexity index is 1270. The van der Waals surface area contributed by atoms with E-state index < -0.39 is 5.91 Å². The number of carbonyl (C=O) groups excluding carboxylic acids is 2. The maximum absolute atomic E-state index is 13.2. The average molecular weight is 428 g/mol. The van der Waals surface area contributed by atoms with Crippen molar-refractivity contribution in [1.29, 1.82) is 0 Å². The van der Waals surface area contributed by atoms with Crippen LogP contribution >= 0.6 is 0 Å². The number of nitrogens with two attached hydrogens (primary N) is 1. The smallest absolute Gasteiger partial charge is 0.260 e. The molecule has 4 aromatic rings. The fraction of sp³-hybridized carbons (Fsp3) is 0.167. The van der Waals surface area contributed by atoms with Gasteiger partial charge in [-0.05, 0) is 43.2 Å². The van der Waals surface area contributed by atoms with Crippen molar-refractivity contribution in [3.63, 3.8) is 0 Å². The molecule has 0 aliphatic heterocycles. The fourth-order valence-corrected chi connectivity index (χ4v) is 3.32. The second-order valence-electron chi connectivity index (χ2n) is 7.61. The van der Waals surface area contributed by atoms with Gasteiger partial charge in [-0.1, -0.05) is 30.3 Å². The molecule has 162 valence electrons. The molecule has 0 saturated carbocycles. The van der Waals surface area contributed by atoms with E-state index in [1.807, 2.05) is 62.4 Å². The van der Waals surface area contributed by atoms with E-state index >= 15 is 0 Å². The summed E-state index contributed by atoms with van der Waals surface area (Å²) in [5, 5.41) is 11.8. The summed E-state index contributed by atoms with van der Waals surface area (Å²) < 4.78 is 3.27. The van der Waals surface area contributed by atoms with E-state index in [4.69, 9.17) is 10.8 Å². The third-order valence-electron chi connectivity index (χ3n) is 5.23. The van der Waals surface area contributed by atoms with Crippen molar-refractivity contribution in [1.82, 2.24) is 19.6 Å². The summed E-state index contributed by atoms with van der Waals surface area (Å²) in [7, 11) is 0. The van der Waals surface area contributed by atoms with Gasteiger partial charge in [0.05, 0.1) is 11.3 Å². The summed E-state index contributed by atoms with van der Waals surface area (Å²) in [6, 6.07) is 17.3. The first-order valence-electron chi connectivity index (χ1n) is 10.3. The highest BCUT2D eigenvalue weighted by Crippen LogP contribution is 2.26. The van der Waals surface area contributed by atoms with Crippen LogP contribution in [0, 0.1) is 13.8 Å². The molecule has 3 N–H and O–H groups in total. The van der Waals surface area contributed by atoms with E-state index in [-0.39, 0.29) is 12.3 Å². The molecule has 4 rings (SSSR count). The number of rotatable bonds is 7. The van der Waals surface area contributed by atoms with Gasteiger partial charge in [0.2, 0.25) is 5.91 Å². The molecule has 0 aliphatic rings. The molecule has 32 heavy (non-hydrogen) atoms. The molecule has 8 heteroatoms. The Labute approximate surface area is 185 Å². The number of para-hydroxylation sites is 1. The van der Waals surface area contributed by atoms with Crippen molar-refractivity contribution in [3.8, 4) is 16.9 Å². The Morgan fingerprint density at radius 1 is 1.00 bits per heavy atom. The number of aryl methyl sites for hydroxylation is 3. The van der Waals surface area contributed by atoms with Gasteiger partial charge in [-0.3, -0.25) is 14.3 Å². The van der Waals surface area contributed by atoms with Crippen LogP contribution in [0.1, 0.15) is 27.9 Å². The summed E-state index contributed by atoms with van der Waals surface area (Å²) in [6.45, 7) is 4.43. The molecule has 2 heterocycles. The molecule has 2 amide bonds. The lowest BCUT2D eigenvalue weighted by molar-refractivity contribution is -0.118. The zero-order chi connectivity index (χ0) is 22.7. The number of nitrogens with zero attached hydrogens (tertiary/aromatic N) is 4. The number of amides is 2. The molecule has 0 saturated heterocycles. The number of nitrogens with one attached hydrogen (secondary N) is 1. The van der Waals surface area contributed by atoms with Crippen LogP contribution in [-0.4, -0.2) is 31.4 Å². The van der Waals surface area contributed by atoms with Gasteiger partial charge in [0.15, 0.2) is 5.82 Å². The molecule has 0 radical (unpaired) electrons. The first-order valence-corrected chi connectivity index (χ1v) is 10.3. The lowest BCUT2D eigenvalue weighted by atomic mass is 10.0. The summed E-state index contributed by atoms with van der Waals surface area (Å²) in [4.78, 5) is 24.2. The van der Waals surface area contributed by atoms with E-state index in [1.54, 1.807) is 27.8 Å². The van der Waals surface area contributed by atoms with E-state index in [0.717, 1.165) is 16.8 Å². The lowest BCUT2D eigenvalue weighted by Gasteiger charge is -2.06. The third kappa shape index (κ3) is 4.59. The maximum Gasteiger partial charge on any atom is 0.260 e. The van der Waals surface area contributed by atoms with Crippen LogP contribution in [0.15, 0.2) is 67.0 Å². The molecule has 2 aromatic heterocycles. The normalized spacial score (nSPS) is 10.8. The van der Waals surface area contributed by atoms with Gasteiger partial charge in [-0.2, -0.15) is 10.2 Å². The van der Waals surface area contributed by atoms with Gasteiger partial charge in [0.1, 0.15) is 5.69 Å². The number of anilines is 1. The van der Waals surface area contributed by atoms with Crippen molar-refractivity contribution < 1.29 is 9.59 Å². The number of aromatic nitrogens is 4. The topological polar surface area (TPSA) is 108 Å². The predicted octanol–water partition coefficient (Wildman–Crippen LogP) is 3.48. The Balaban J connectivity index is 1.67. The van der Waals surface area contributed by atoms with Crippen molar-refractivity contribution >= 4 is 17.6 Å². The van der Waals surface area contributed by atoms with E-state index in [2.05, 4.69) is 10.4 Å². The van der Waals surface area contributed by atoms with Gasteiger partial charge >= 0.3 is 0 Å². The summed E-state index contributed by atoms with van der Waals surface area (Å²) in [6.07, 6.45) is 3.59.